The third kappa shape index (κ3) is 3.82. The van der Waals surface area contributed by atoms with Crippen molar-refractivity contribution in [1.29, 1.82) is 0 Å². The van der Waals surface area contributed by atoms with Crippen LogP contribution in [-0.4, -0.2) is 30.8 Å². The SMILES string of the molecule is C=C(CNC(=O)Nc1ccccc1O)C(=O)OC. The largest absolute Gasteiger partial charge is 0.506 e. The number of carbonyl (C=O) groups excluding carboxylic acids is 2. The highest BCUT2D eigenvalue weighted by Crippen LogP contribution is 2.20. The molecule has 96 valence electrons. The summed E-state index contributed by atoms with van der Waals surface area (Å²) in [7, 11) is 1.23. The predicted octanol–water partition coefficient (Wildman–Crippen LogP) is 1.24. The number of para-hydroxylation sites is 2. The summed E-state index contributed by atoms with van der Waals surface area (Å²) in [5.41, 5.74) is 0.406. The number of hydrogen-bond donors (Lipinski definition) is 3. The highest BCUT2D eigenvalue weighted by atomic mass is 16.5. The Bertz CT molecular complexity index is 471. The number of phenols is 1. The molecule has 0 fully saturated rings. The van der Waals surface area contributed by atoms with Crippen LogP contribution >= 0.6 is 0 Å². The lowest BCUT2D eigenvalue weighted by Crippen LogP contribution is -2.31. The zero-order chi connectivity index (χ0) is 13.5. The Morgan fingerprint density at radius 3 is 2.67 bits per heavy atom. The van der Waals surface area contributed by atoms with Gasteiger partial charge in [-0.3, -0.25) is 0 Å². The highest BCUT2D eigenvalue weighted by Gasteiger charge is 2.09. The van der Waals surface area contributed by atoms with Crippen LogP contribution in [-0.2, 0) is 9.53 Å². The van der Waals surface area contributed by atoms with E-state index in [9.17, 15) is 14.7 Å². The van der Waals surface area contributed by atoms with E-state index >= 15 is 0 Å². The molecule has 0 saturated carbocycles. The minimum atomic E-state index is -0.585. The molecule has 0 heterocycles. The first kappa shape index (κ1) is 13.6. The molecule has 0 spiro atoms. The number of anilines is 1. The number of urea groups is 1. The molecule has 0 bridgehead atoms. The fraction of sp³-hybridized carbons (Fsp3) is 0.167. The first-order valence-corrected chi connectivity index (χ1v) is 5.13. The number of esters is 1. The van der Waals surface area contributed by atoms with E-state index in [1.54, 1.807) is 18.2 Å². The molecule has 0 aliphatic heterocycles. The smallest absolute Gasteiger partial charge is 0.334 e. The molecule has 1 rings (SSSR count). The van der Waals surface area contributed by atoms with Gasteiger partial charge < -0.3 is 20.5 Å². The number of phenolic OH excluding ortho intramolecular Hbond substituents is 1. The molecule has 2 amide bonds. The summed E-state index contributed by atoms with van der Waals surface area (Å²) in [6.07, 6.45) is 0. The number of rotatable bonds is 4. The monoisotopic (exact) mass is 250 g/mol. The molecule has 0 saturated heterocycles. The van der Waals surface area contributed by atoms with Crippen molar-refractivity contribution in [2.45, 2.75) is 0 Å². The average molecular weight is 250 g/mol. The maximum absolute atomic E-state index is 11.5. The quantitative estimate of drug-likeness (QED) is 0.426. The van der Waals surface area contributed by atoms with Crippen LogP contribution in [0.5, 0.6) is 5.75 Å². The standard InChI is InChI=1S/C12H14N2O4/c1-8(11(16)18-2)7-13-12(17)14-9-5-3-4-6-10(9)15/h3-6,15H,1,7H2,2H3,(H2,13,14,17). The average Bonchev–Trinajstić information content (AvgIpc) is 2.37. The van der Waals surface area contributed by atoms with Gasteiger partial charge in [-0.2, -0.15) is 0 Å². The molecular formula is C12H14N2O4. The number of aromatic hydroxyl groups is 1. The van der Waals surface area contributed by atoms with E-state index in [2.05, 4.69) is 21.9 Å². The summed E-state index contributed by atoms with van der Waals surface area (Å²) in [6, 6.07) is 5.74. The van der Waals surface area contributed by atoms with Crippen LogP contribution in [0.25, 0.3) is 0 Å². The van der Waals surface area contributed by atoms with E-state index in [4.69, 9.17) is 0 Å². The summed E-state index contributed by atoms with van der Waals surface area (Å²) >= 11 is 0. The van der Waals surface area contributed by atoms with Crippen molar-refractivity contribution in [2.75, 3.05) is 19.0 Å². The van der Waals surface area contributed by atoms with Gasteiger partial charge in [-0.15, -0.1) is 0 Å². The first-order chi connectivity index (χ1) is 8.54. The van der Waals surface area contributed by atoms with Gasteiger partial charge in [0.2, 0.25) is 0 Å². The van der Waals surface area contributed by atoms with Gasteiger partial charge in [-0.05, 0) is 12.1 Å². The Balaban J connectivity index is 2.46. The van der Waals surface area contributed by atoms with E-state index < -0.39 is 12.0 Å². The van der Waals surface area contributed by atoms with Crippen molar-refractivity contribution >= 4 is 17.7 Å². The van der Waals surface area contributed by atoms with E-state index in [1.807, 2.05) is 0 Å². The molecule has 18 heavy (non-hydrogen) atoms. The van der Waals surface area contributed by atoms with Gasteiger partial charge >= 0.3 is 12.0 Å². The van der Waals surface area contributed by atoms with Gasteiger partial charge in [0.25, 0.3) is 0 Å². The molecule has 1 aromatic rings. The normalized spacial score (nSPS) is 9.39. The zero-order valence-electron chi connectivity index (χ0n) is 9.90. The van der Waals surface area contributed by atoms with Crippen LogP contribution in [0.1, 0.15) is 0 Å². The van der Waals surface area contributed by atoms with E-state index in [-0.39, 0.29) is 23.6 Å². The van der Waals surface area contributed by atoms with Gasteiger partial charge in [-0.1, -0.05) is 18.7 Å². The van der Waals surface area contributed by atoms with Crippen LogP contribution in [0.2, 0.25) is 0 Å². The van der Waals surface area contributed by atoms with Crippen LogP contribution in [0.3, 0.4) is 0 Å². The van der Waals surface area contributed by atoms with Gasteiger partial charge in [-0.25, -0.2) is 9.59 Å². The van der Waals surface area contributed by atoms with Gasteiger partial charge in [0.1, 0.15) is 5.75 Å². The fourth-order valence-corrected chi connectivity index (χ4v) is 1.15. The lowest BCUT2D eigenvalue weighted by molar-refractivity contribution is -0.136. The Kier molecular flexibility index (Phi) is 4.74. The molecule has 6 heteroatoms. The van der Waals surface area contributed by atoms with Crippen molar-refractivity contribution in [2.24, 2.45) is 0 Å². The topological polar surface area (TPSA) is 87.7 Å². The molecule has 3 N–H and O–H groups in total. The molecule has 0 atom stereocenters. The van der Waals surface area contributed by atoms with E-state index in [1.165, 1.54) is 13.2 Å². The van der Waals surface area contributed by atoms with Crippen LogP contribution in [0, 0.1) is 0 Å². The first-order valence-electron chi connectivity index (χ1n) is 5.13. The highest BCUT2D eigenvalue weighted by molar-refractivity contribution is 5.93. The molecule has 6 nitrogen and oxygen atoms in total. The van der Waals surface area contributed by atoms with Crippen LogP contribution in [0.4, 0.5) is 10.5 Å². The van der Waals surface area contributed by atoms with Crippen molar-refractivity contribution in [3.63, 3.8) is 0 Å². The minimum absolute atomic E-state index is 0.0356. The Hall–Kier alpha value is -2.50. The third-order valence-corrected chi connectivity index (χ3v) is 2.09. The number of methoxy groups -OCH3 is 1. The van der Waals surface area contributed by atoms with Gasteiger partial charge in [0.15, 0.2) is 0 Å². The third-order valence-electron chi connectivity index (χ3n) is 2.09. The summed E-state index contributed by atoms with van der Waals surface area (Å²) in [4.78, 5) is 22.5. The molecule has 0 aliphatic carbocycles. The second-order valence-corrected chi connectivity index (χ2v) is 3.42. The Labute approximate surface area is 104 Å². The Morgan fingerprint density at radius 1 is 1.39 bits per heavy atom. The minimum Gasteiger partial charge on any atom is -0.506 e. The van der Waals surface area contributed by atoms with E-state index in [0.29, 0.717) is 0 Å². The van der Waals surface area contributed by atoms with Crippen molar-refractivity contribution in [3.05, 3.63) is 36.4 Å². The number of amides is 2. The molecule has 0 aliphatic rings. The number of nitrogens with one attached hydrogen (secondary N) is 2. The van der Waals surface area contributed by atoms with Crippen molar-refractivity contribution < 1.29 is 19.4 Å². The molecule has 0 aromatic heterocycles. The summed E-state index contributed by atoms with van der Waals surface area (Å²) in [6.45, 7) is 3.42. The molecule has 1 aromatic carbocycles. The van der Waals surface area contributed by atoms with Gasteiger partial charge in [0, 0.05) is 5.57 Å². The number of hydrogen-bond acceptors (Lipinski definition) is 4. The van der Waals surface area contributed by atoms with E-state index in [0.717, 1.165) is 0 Å². The van der Waals surface area contributed by atoms with Crippen molar-refractivity contribution in [1.82, 2.24) is 5.32 Å². The molecule has 0 radical (unpaired) electrons. The Morgan fingerprint density at radius 2 is 2.06 bits per heavy atom. The lowest BCUT2D eigenvalue weighted by atomic mass is 10.3. The van der Waals surface area contributed by atoms with Crippen molar-refractivity contribution in [3.8, 4) is 5.75 Å². The maximum Gasteiger partial charge on any atom is 0.334 e. The predicted molar refractivity (Wildman–Crippen MR) is 66.3 cm³/mol. The lowest BCUT2D eigenvalue weighted by Gasteiger charge is -2.09. The summed E-state index contributed by atoms with van der Waals surface area (Å²) in [5, 5.41) is 14.3. The summed E-state index contributed by atoms with van der Waals surface area (Å²) in [5.74, 6) is -0.627. The second kappa shape index (κ2) is 6.29. The molecule has 0 unspecified atom stereocenters. The zero-order valence-corrected chi connectivity index (χ0v) is 9.90. The second-order valence-electron chi connectivity index (χ2n) is 3.42. The fourth-order valence-electron chi connectivity index (χ4n) is 1.15. The number of benzene rings is 1. The van der Waals surface area contributed by atoms with Crippen LogP contribution in [0.15, 0.2) is 36.4 Å². The van der Waals surface area contributed by atoms with Crippen LogP contribution < -0.4 is 10.6 Å². The number of ether oxygens (including phenoxy) is 1. The number of carbonyl (C=O) groups is 2. The molecular weight excluding hydrogens is 236 g/mol. The van der Waals surface area contributed by atoms with Gasteiger partial charge in [0.05, 0.1) is 19.3 Å². The maximum atomic E-state index is 11.5. The summed E-state index contributed by atoms with van der Waals surface area (Å²) < 4.78 is 4.43.